The molecule has 0 amide bonds. The Kier molecular flexibility index (Phi) is 3.02. The fraction of sp³-hybridized carbons (Fsp3) is 0.500. The van der Waals surface area contributed by atoms with E-state index < -0.39 is 12.1 Å². The summed E-state index contributed by atoms with van der Waals surface area (Å²) in [4.78, 5) is 14.3. The molecule has 0 aliphatic carbocycles. The van der Waals surface area contributed by atoms with Crippen molar-refractivity contribution in [3.05, 3.63) is 18.2 Å². The molecule has 0 saturated carbocycles. The minimum absolute atomic E-state index is 0.268. The number of hydrogen-bond acceptors (Lipinski definition) is 3. The Morgan fingerprint density at radius 1 is 1.85 bits per heavy atom. The van der Waals surface area contributed by atoms with E-state index >= 15 is 0 Å². The summed E-state index contributed by atoms with van der Waals surface area (Å²) < 4.78 is 6.85. The molecule has 1 atom stereocenters. The SMILES string of the molecule is CC(OCc1cncn1C)C(=O)O. The first kappa shape index (κ1) is 9.73. The second kappa shape index (κ2) is 4.04. The molecule has 72 valence electrons. The lowest BCUT2D eigenvalue weighted by Crippen LogP contribution is -2.20. The van der Waals surface area contributed by atoms with E-state index in [0.717, 1.165) is 5.69 Å². The number of rotatable bonds is 4. The van der Waals surface area contributed by atoms with E-state index in [9.17, 15) is 4.79 Å². The third-order valence-corrected chi connectivity index (χ3v) is 1.75. The molecule has 5 nitrogen and oxygen atoms in total. The molecule has 13 heavy (non-hydrogen) atoms. The first-order chi connectivity index (χ1) is 6.11. The Balaban J connectivity index is 2.44. The lowest BCUT2D eigenvalue weighted by atomic mass is 10.4. The van der Waals surface area contributed by atoms with Crippen molar-refractivity contribution in [1.29, 1.82) is 0 Å². The molecule has 0 spiro atoms. The van der Waals surface area contributed by atoms with Crippen LogP contribution in [-0.4, -0.2) is 26.7 Å². The van der Waals surface area contributed by atoms with Crippen molar-refractivity contribution in [3.63, 3.8) is 0 Å². The zero-order valence-electron chi connectivity index (χ0n) is 7.60. The molecule has 0 fully saturated rings. The van der Waals surface area contributed by atoms with E-state index in [1.165, 1.54) is 6.92 Å². The van der Waals surface area contributed by atoms with Crippen LogP contribution in [0.2, 0.25) is 0 Å². The normalized spacial score (nSPS) is 12.8. The van der Waals surface area contributed by atoms with E-state index in [0.29, 0.717) is 0 Å². The summed E-state index contributed by atoms with van der Waals surface area (Å²) in [6, 6.07) is 0. The number of carboxylic acids is 1. The van der Waals surface area contributed by atoms with Gasteiger partial charge in [0.1, 0.15) is 0 Å². The molecular formula is C8H12N2O3. The quantitative estimate of drug-likeness (QED) is 0.736. The highest BCUT2D eigenvalue weighted by atomic mass is 16.5. The molecule has 1 rings (SSSR count). The summed E-state index contributed by atoms with van der Waals surface area (Å²) in [6.07, 6.45) is 2.51. The molecule has 1 aromatic heterocycles. The molecule has 1 N–H and O–H groups in total. The molecule has 5 heteroatoms. The summed E-state index contributed by atoms with van der Waals surface area (Å²) >= 11 is 0. The number of carbonyl (C=O) groups is 1. The van der Waals surface area contributed by atoms with Crippen LogP contribution in [0.15, 0.2) is 12.5 Å². The molecule has 0 aromatic carbocycles. The third kappa shape index (κ3) is 2.55. The molecule has 0 bridgehead atoms. The summed E-state index contributed by atoms with van der Waals surface area (Å²) in [7, 11) is 1.83. The average Bonchev–Trinajstić information content (AvgIpc) is 2.47. The van der Waals surface area contributed by atoms with Crippen LogP contribution in [0.5, 0.6) is 0 Å². The van der Waals surface area contributed by atoms with E-state index in [-0.39, 0.29) is 6.61 Å². The van der Waals surface area contributed by atoms with Crippen molar-refractivity contribution in [1.82, 2.24) is 9.55 Å². The van der Waals surface area contributed by atoms with Crippen molar-refractivity contribution in [2.75, 3.05) is 0 Å². The molecule has 1 aromatic rings. The monoisotopic (exact) mass is 184 g/mol. The maximum Gasteiger partial charge on any atom is 0.332 e. The summed E-state index contributed by atoms with van der Waals surface area (Å²) in [5.74, 6) is -0.956. The Hall–Kier alpha value is -1.36. The van der Waals surface area contributed by atoms with Crippen LogP contribution in [0.3, 0.4) is 0 Å². The number of carboxylic acid groups (broad SMARTS) is 1. The zero-order chi connectivity index (χ0) is 9.84. The van der Waals surface area contributed by atoms with Crippen LogP contribution in [0, 0.1) is 0 Å². The van der Waals surface area contributed by atoms with Crippen LogP contribution < -0.4 is 0 Å². The second-order valence-corrected chi connectivity index (χ2v) is 2.79. The fourth-order valence-electron chi connectivity index (χ4n) is 0.805. The maximum atomic E-state index is 10.4. The van der Waals surface area contributed by atoms with Gasteiger partial charge in [-0.05, 0) is 6.92 Å². The number of nitrogens with zero attached hydrogens (tertiary/aromatic N) is 2. The first-order valence-corrected chi connectivity index (χ1v) is 3.91. The highest BCUT2D eigenvalue weighted by Gasteiger charge is 2.11. The predicted octanol–water partition coefficient (Wildman–Crippen LogP) is 0.410. The number of imidazole rings is 1. The molecular weight excluding hydrogens is 172 g/mol. The Morgan fingerprint density at radius 2 is 2.54 bits per heavy atom. The minimum Gasteiger partial charge on any atom is -0.479 e. The Morgan fingerprint density at radius 3 is 3.00 bits per heavy atom. The van der Waals surface area contributed by atoms with Crippen LogP contribution in [0.25, 0.3) is 0 Å². The van der Waals surface area contributed by atoms with Crippen molar-refractivity contribution in [2.24, 2.45) is 7.05 Å². The molecule has 0 radical (unpaired) electrons. The zero-order valence-corrected chi connectivity index (χ0v) is 7.60. The van der Waals surface area contributed by atoms with Crippen LogP contribution >= 0.6 is 0 Å². The largest absolute Gasteiger partial charge is 0.479 e. The van der Waals surface area contributed by atoms with Gasteiger partial charge in [-0.2, -0.15) is 0 Å². The van der Waals surface area contributed by atoms with Crippen LogP contribution in [-0.2, 0) is 23.2 Å². The van der Waals surface area contributed by atoms with Gasteiger partial charge < -0.3 is 14.4 Å². The van der Waals surface area contributed by atoms with Crippen LogP contribution in [0.4, 0.5) is 0 Å². The number of hydrogen-bond donors (Lipinski definition) is 1. The number of ether oxygens (including phenoxy) is 1. The first-order valence-electron chi connectivity index (χ1n) is 3.91. The predicted molar refractivity (Wildman–Crippen MR) is 45.1 cm³/mol. The van der Waals surface area contributed by atoms with Gasteiger partial charge >= 0.3 is 5.97 Å². The molecule has 1 heterocycles. The van der Waals surface area contributed by atoms with E-state index in [1.807, 2.05) is 7.05 Å². The summed E-state index contributed by atoms with van der Waals surface area (Å²) in [6.45, 7) is 1.77. The van der Waals surface area contributed by atoms with Crippen molar-refractivity contribution >= 4 is 5.97 Å². The van der Waals surface area contributed by atoms with Crippen molar-refractivity contribution in [2.45, 2.75) is 19.6 Å². The average molecular weight is 184 g/mol. The molecule has 0 aliphatic rings. The van der Waals surface area contributed by atoms with Gasteiger partial charge in [0, 0.05) is 7.05 Å². The van der Waals surface area contributed by atoms with Gasteiger partial charge in [0.05, 0.1) is 24.8 Å². The second-order valence-electron chi connectivity index (χ2n) is 2.79. The lowest BCUT2D eigenvalue weighted by molar-refractivity contribution is -0.150. The van der Waals surface area contributed by atoms with E-state index in [1.54, 1.807) is 17.1 Å². The van der Waals surface area contributed by atoms with Crippen LogP contribution in [0.1, 0.15) is 12.6 Å². The summed E-state index contributed by atoms with van der Waals surface area (Å²) in [5, 5.41) is 8.53. The van der Waals surface area contributed by atoms with Gasteiger partial charge in [0.15, 0.2) is 6.10 Å². The number of aliphatic carboxylic acids is 1. The van der Waals surface area contributed by atoms with Gasteiger partial charge in [0.2, 0.25) is 0 Å². The van der Waals surface area contributed by atoms with Gasteiger partial charge in [-0.15, -0.1) is 0 Å². The van der Waals surface area contributed by atoms with Gasteiger partial charge in [0.25, 0.3) is 0 Å². The maximum absolute atomic E-state index is 10.4. The standard InChI is InChI=1S/C8H12N2O3/c1-6(8(11)12)13-4-7-3-9-5-10(7)2/h3,5-6H,4H2,1-2H3,(H,11,12). The molecule has 0 aliphatic heterocycles. The van der Waals surface area contributed by atoms with Crippen molar-refractivity contribution in [3.8, 4) is 0 Å². The highest BCUT2D eigenvalue weighted by Crippen LogP contribution is 2.01. The van der Waals surface area contributed by atoms with Gasteiger partial charge in [-0.3, -0.25) is 0 Å². The lowest BCUT2D eigenvalue weighted by Gasteiger charge is -2.07. The molecule has 0 saturated heterocycles. The highest BCUT2D eigenvalue weighted by molar-refractivity contribution is 5.71. The number of aryl methyl sites for hydroxylation is 1. The fourth-order valence-corrected chi connectivity index (χ4v) is 0.805. The van der Waals surface area contributed by atoms with E-state index in [2.05, 4.69) is 4.98 Å². The summed E-state index contributed by atoms with van der Waals surface area (Å²) in [5.41, 5.74) is 0.855. The Bertz CT molecular complexity index is 295. The Labute approximate surface area is 76.0 Å². The van der Waals surface area contributed by atoms with Crippen molar-refractivity contribution < 1.29 is 14.6 Å². The van der Waals surface area contributed by atoms with Gasteiger partial charge in [-0.25, -0.2) is 9.78 Å². The smallest absolute Gasteiger partial charge is 0.332 e. The minimum atomic E-state index is -0.956. The third-order valence-electron chi connectivity index (χ3n) is 1.75. The van der Waals surface area contributed by atoms with Gasteiger partial charge in [-0.1, -0.05) is 0 Å². The van der Waals surface area contributed by atoms with E-state index in [4.69, 9.17) is 9.84 Å². The topological polar surface area (TPSA) is 64.4 Å². The molecule has 1 unspecified atom stereocenters. The number of aromatic nitrogens is 2.